The maximum atomic E-state index is 2.36. The average molecular weight is 268 g/mol. The molecule has 0 saturated carbocycles. The monoisotopic (exact) mass is 268 g/mol. The van der Waals surface area contributed by atoms with Gasteiger partial charge in [-0.2, -0.15) is 4.57 Å². The summed E-state index contributed by atoms with van der Waals surface area (Å²) in [6.45, 7) is 4.49. The maximum Gasteiger partial charge on any atom is 0.210 e. The topological polar surface area (TPSA) is 3.88 Å². The predicted molar refractivity (Wildman–Crippen MR) is 82.1 cm³/mol. The molecule has 0 spiro atoms. The summed E-state index contributed by atoms with van der Waals surface area (Å²) in [6.07, 6.45) is 4.43. The molecule has 0 bridgehead atoms. The molecule has 2 heterocycles. The van der Waals surface area contributed by atoms with E-state index in [9.17, 15) is 0 Å². The standard InChI is InChI=1S/C17H18NS/c1-3-14-15-10-11-19-17(15)12-18(16(14)4-2)13-8-6-5-7-9-13/h5-12H,3-4H2,1-2H3/q+1. The lowest BCUT2D eigenvalue weighted by Crippen LogP contribution is -2.36. The summed E-state index contributed by atoms with van der Waals surface area (Å²) in [5.41, 5.74) is 4.18. The first-order chi connectivity index (χ1) is 9.35. The summed E-state index contributed by atoms with van der Waals surface area (Å²) in [4.78, 5) is 0. The van der Waals surface area contributed by atoms with Gasteiger partial charge in [-0.05, 0) is 17.9 Å². The first-order valence-electron chi connectivity index (χ1n) is 6.84. The molecule has 1 nitrogen and oxygen atoms in total. The molecule has 0 saturated heterocycles. The van der Waals surface area contributed by atoms with Gasteiger partial charge in [-0.25, -0.2) is 0 Å². The Bertz CT molecular complexity index is 698. The number of hydrogen-bond donors (Lipinski definition) is 0. The van der Waals surface area contributed by atoms with E-state index in [1.807, 2.05) is 11.3 Å². The van der Waals surface area contributed by atoms with Crippen LogP contribution in [-0.4, -0.2) is 0 Å². The Morgan fingerprint density at radius 3 is 2.47 bits per heavy atom. The summed E-state index contributed by atoms with van der Waals surface area (Å²) in [5.74, 6) is 0. The molecule has 0 aliphatic rings. The summed E-state index contributed by atoms with van der Waals surface area (Å²) in [5, 5.41) is 3.62. The smallest absolute Gasteiger partial charge is 0.163 e. The minimum absolute atomic E-state index is 1.06. The SMILES string of the molecule is CCc1c(CC)[n+](-c2ccccc2)cc2sccc12. The van der Waals surface area contributed by atoms with Crippen LogP contribution >= 0.6 is 11.3 Å². The zero-order chi connectivity index (χ0) is 13.2. The van der Waals surface area contributed by atoms with E-state index in [1.54, 1.807) is 0 Å². The molecule has 0 N–H and O–H groups in total. The molecule has 0 amide bonds. The molecule has 0 unspecified atom stereocenters. The fraction of sp³-hybridized carbons (Fsp3) is 0.235. The van der Waals surface area contributed by atoms with Gasteiger partial charge in [-0.1, -0.05) is 32.0 Å². The number of para-hydroxylation sites is 1. The maximum absolute atomic E-state index is 2.36. The fourth-order valence-corrected chi connectivity index (χ4v) is 3.60. The number of fused-ring (bicyclic) bond motifs is 1. The number of thiophene rings is 1. The van der Waals surface area contributed by atoms with Crippen LogP contribution in [0.5, 0.6) is 0 Å². The number of pyridine rings is 1. The third kappa shape index (κ3) is 2.06. The van der Waals surface area contributed by atoms with Crippen LogP contribution in [0, 0.1) is 0 Å². The average Bonchev–Trinajstić information content (AvgIpc) is 2.94. The van der Waals surface area contributed by atoms with Gasteiger partial charge in [0, 0.05) is 29.5 Å². The molecule has 1 aromatic carbocycles. The number of aromatic nitrogens is 1. The van der Waals surface area contributed by atoms with Gasteiger partial charge in [0.1, 0.15) is 0 Å². The summed E-state index contributed by atoms with van der Waals surface area (Å²) in [7, 11) is 0. The Morgan fingerprint density at radius 1 is 1.00 bits per heavy atom. The minimum atomic E-state index is 1.06. The molecule has 3 aromatic rings. The zero-order valence-electron chi connectivity index (χ0n) is 11.4. The summed E-state index contributed by atoms with van der Waals surface area (Å²) >= 11 is 1.82. The van der Waals surface area contributed by atoms with Gasteiger partial charge in [-0.15, -0.1) is 11.3 Å². The van der Waals surface area contributed by atoms with E-state index >= 15 is 0 Å². The quantitative estimate of drug-likeness (QED) is 0.623. The number of rotatable bonds is 3. The van der Waals surface area contributed by atoms with E-state index in [2.05, 4.69) is 66.4 Å². The van der Waals surface area contributed by atoms with Crippen LogP contribution in [0.1, 0.15) is 25.1 Å². The van der Waals surface area contributed by atoms with Crippen LogP contribution in [0.2, 0.25) is 0 Å². The van der Waals surface area contributed by atoms with Crippen molar-refractivity contribution < 1.29 is 4.57 Å². The van der Waals surface area contributed by atoms with Gasteiger partial charge in [-0.3, -0.25) is 0 Å². The normalized spacial score (nSPS) is 11.1. The van der Waals surface area contributed by atoms with E-state index in [0.717, 1.165) is 12.8 Å². The van der Waals surface area contributed by atoms with Crippen molar-refractivity contribution in [3.63, 3.8) is 0 Å². The molecular formula is C17H18NS+. The van der Waals surface area contributed by atoms with E-state index in [-0.39, 0.29) is 0 Å². The Kier molecular flexibility index (Phi) is 3.34. The minimum Gasteiger partial charge on any atom is -0.163 e. The summed E-state index contributed by atoms with van der Waals surface area (Å²) < 4.78 is 3.73. The number of hydrogen-bond acceptors (Lipinski definition) is 1. The first kappa shape index (κ1) is 12.4. The van der Waals surface area contributed by atoms with Gasteiger partial charge in [0.25, 0.3) is 0 Å². The van der Waals surface area contributed by atoms with E-state index < -0.39 is 0 Å². The molecule has 0 fully saturated rings. The molecule has 0 aliphatic heterocycles. The molecule has 3 rings (SSSR count). The van der Waals surface area contributed by atoms with Crippen molar-refractivity contribution in [1.82, 2.24) is 0 Å². The largest absolute Gasteiger partial charge is 0.210 e. The molecule has 0 radical (unpaired) electrons. The van der Waals surface area contributed by atoms with Gasteiger partial charge in [0.2, 0.25) is 5.69 Å². The molecule has 19 heavy (non-hydrogen) atoms. The lowest BCUT2D eigenvalue weighted by atomic mass is 10.0. The van der Waals surface area contributed by atoms with Gasteiger partial charge in [0.15, 0.2) is 11.9 Å². The Labute approximate surface area is 118 Å². The highest BCUT2D eigenvalue weighted by molar-refractivity contribution is 7.17. The molecule has 0 atom stereocenters. The predicted octanol–water partition coefficient (Wildman–Crippen LogP) is 4.30. The number of aryl methyl sites for hydroxylation is 1. The van der Waals surface area contributed by atoms with Gasteiger partial charge >= 0.3 is 0 Å². The Morgan fingerprint density at radius 2 is 1.79 bits per heavy atom. The zero-order valence-corrected chi connectivity index (χ0v) is 12.2. The van der Waals surface area contributed by atoms with E-state index in [1.165, 1.54) is 27.0 Å². The third-order valence-corrected chi connectivity index (χ3v) is 4.48. The molecule has 96 valence electrons. The number of benzene rings is 1. The van der Waals surface area contributed by atoms with Crippen LogP contribution in [0.15, 0.2) is 48.0 Å². The highest BCUT2D eigenvalue weighted by atomic mass is 32.1. The van der Waals surface area contributed by atoms with Crippen molar-refractivity contribution in [2.75, 3.05) is 0 Å². The third-order valence-electron chi connectivity index (χ3n) is 3.63. The first-order valence-corrected chi connectivity index (χ1v) is 7.72. The second kappa shape index (κ2) is 5.14. The number of nitrogens with zero attached hydrogens (tertiary/aromatic N) is 1. The van der Waals surface area contributed by atoms with Crippen molar-refractivity contribution in [2.45, 2.75) is 26.7 Å². The molecule has 2 aromatic heterocycles. The van der Waals surface area contributed by atoms with Crippen molar-refractivity contribution in [3.8, 4) is 5.69 Å². The highest BCUT2D eigenvalue weighted by Gasteiger charge is 2.20. The van der Waals surface area contributed by atoms with Crippen LogP contribution in [0.4, 0.5) is 0 Å². The second-order valence-corrected chi connectivity index (χ2v) is 5.61. The van der Waals surface area contributed by atoms with Gasteiger partial charge in [0.05, 0.1) is 4.70 Å². The summed E-state index contributed by atoms with van der Waals surface area (Å²) in [6, 6.07) is 12.9. The molecule has 2 heteroatoms. The molecular weight excluding hydrogens is 250 g/mol. The lowest BCUT2D eigenvalue weighted by molar-refractivity contribution is -0.603. The Hall–Kier alpha value is -1.67. The lowest BCUT2D eigenvalue weighted by Gasteiger charge is -2.08. The second-order valence-electron chi connectivity index (χ2n) is 4.67. The van der Waals surface area contributed by atoms with E-state index in [4.69, 9.17) is 0 Å². The molecule has 0 aliphatic carbocycles. The fourth-order valence-electron chi connectivity index (χ4n) is 2.76. The van der Waals surface area contributed by atoms with Crippen molar-refractivity contribution in [2.24, 2.45) is 0 Å². The van der Waals surface area contributed by atoms with Crippen molar-refractivity contribution in [3.05, 3.63) is 59.2 Å². The highest BCUT2D eigenvalue weighted by Crippen LogP contribution is 2.26. The van der Waals surface area contributed by atoms with Crippen LogP contribution < -0.4 is 4.57 Å². The van der Waals surface area contributed by atoms with Crippen LogP contribution in [0.25, 0.3) is 15.8 Å². The van der Waals surface area contributed by atoms with Crippen LogP contribution in [-0.2, 0) is 12.8 Å². The Balaban J connectivity index is 2.35. The van der Waals surface area contributed by atoms with Crippen LogP contribution in [0.3, 0.4) is 0 Å². The van der Waals surface area contributed by atoms with E-state index in [0.29, 0.717) is 0 Å². The van der Waals surface area contributed by atoms with Gasteiger partial charge < -0.3 is 0 Å². The van der Waals surface area contributed by atoms with Crippen molar-refractivity contribution in [1.29, 1.82) is 0 Å². The van der Waals surface area contributed by atoms with Crippen molar-refractivity contribution >= 4 is 21.4 Å².